The summed E-state index contributed by atoms with van der Waals surface area (Å²) in [5.41, 5.74) is 3.60. The van der Waals surface area contributed by atoms with Crippen LogP contribution in [0.3, 0.4) is 0 Å². The Kier molecular flexibility index (Phi) is 3.90. The average Bonchev–Trinajstić information content (AvgIpc) is 2.83. The lowest BCUT2D eigenvalue weighted by atomic mass is 10.1. The molecule has 2 nitrogen and oxygen atoms in total. The van der Waals surface area contributed by atoms with Gasteiger partial charge in [0.1, 0.15) is 0 Å². The monoisotopic (exact) mass is 302 g/mol. The highest BCUT2D eigenvalue weighted by atomic mass is 35.5. The number of aryl methyl sites for hydroxylation is 1. The van der Waals surface area contributed by atoms with Gasteiger partial charge in [-0.15, -0.1) is 0 Å². The Morgan fingerprint density at radius 2 is 1.95 bits per heavy atom. The summed E-state index contributed by atoms with van der Waals surface area (Å²) in [5, 5.41) is 5.16. The van der Waals surface area contributed by atoms with Crippen molar-refractivity contribution in [1.82, 2.24) is 4.98 Å². The zero-order valence-corrected chi connectivity index (χ0v) is 12.8. The smallest absolute Gasteiger partial charge is 0.183 e. The first-order valence-electron chi connectivity index (χ1n) is 6.56. The number of rotatable bonds is 4. The second-order valence-electron chi connectivity index (χ2n) is 4.79. The first-order chi connectivity index (χ1) is 9.70. The fourth-order valence-electron chi connectivity index (χ4n) is 2.08. The van der Waals surface area contributed by atoms with Crippen LogP contribution in [0.2, 0.25) is 5.02 Å². The summed E-state index contributed by atoms with van der Waals surface area (Å²) >= 11 is 7.58. The Bertz CT molecular complexity index is 719. The minimum absolute atomic E-state index is 0.781. The van der Waals surface area contributed by atoms with Gasteiger partial charge >= 0.3 is 0 Å². The van der Waals surface area contributed by atoms with Crippen molar-refractivity contribution in [2.45, 2.75) is 13.3 Å². The number of hydrogen-bond acceptors (Lipinski definition) is 3. The standard InChI is InChI=1S/C16H15ClN2S/c1-11-2-7-15-14(10-11)19-16(20-15)18-9-8-12-3-5-13(17)6-4-12/h2-7,10H,8-9H2,1H3,(H,18,19). The van der Waals surface area contributed by atoms with E-state index < -0.39 is 0 Å². The molecule has 1 heterocycles. The third kappa shape index (κ3) is 3.11. The molecule has 0 spiro atoms. The number of anilines is 1. The minimum atomic E-state index is 0.781. The van der Waals surface area contributed by atoms with Crippen molar-refractivity contribution in [3.05, 3.63) is 58.6 Å². The maximum atomic E-state index is 5.88. The maximum absolute atomic E-state index is 5.88. The topological polar surface area (TPSA) is 24.9 Å². The third-order valence-electron chi connectivity index (χ3n) is 3.15. The van der Waals surface area contributed by atoms with E-state index in [9.17, 15) is 0 Å². The molecule has 0 radical (unpaired) electrons. The molecule has 3 aromatic rings. The van der Waals surface area contributed by atoms with E-state index in [1.165, 1.54) is 15.8 Å². The van der Waals surface area contributed by atoms with Crippen molar-refractivity contribution in [2.24, 2.45) is 0 Å². The van der Waals surface area contributed by atoms with Crippen molar-refractivity contribution in [1.29, 1.82) is 0 Å². The van der Waals surface area contributed by atoms with Crippen LogP contribution in [0.1, 0.15) is 11.1 Å². The summed E-state index contributed by atoms with van der Waals surface area (Å²) in [6.07, 6.45) is 0.964. The molecule has 0 aliphatic carbocycles. The molecule has 3 rings (SSSR count). The van der Waals surface area contributed by atoms with Crippen LogP contribution < -0.4 is 5.32 Å². The van der Waals surface area contributed by atoms with Gasteiger partial charge in [-0.3, -0.25) is 0 Å². The third-order valence-corrected chi connectivity index (χ3v) is 4.39. The van der Waals surface area contributed by atoms with Crippen molar-refractivity contribution >= 4 is 38.3 Å². The van der Waals surface area contributed by atoms with Crippen LogP contribution in [0.5, 0.6) is 0 Å². The Hall–Kier alpha value is -1.58. The summed E-state index contributed by atoms with van der Waals surface area (Å²) in [5.74, 6) is 0. The van der Waals surface area contributed by atoms with Gasteiger partial charge in [-0.2, -0.15) is 0 Å². The van der Waals surface area contributed by atoms with Crippen LogP contribution in [0, 0.1) is 6.92 Å². The van der Waals surface area contributed by atoms with E-state index >= 15 is 0 Å². The van der Waals surface area contributed by atoms with Crippen molar-refractivity contribution in [2.75, 3.05) is 11.9 Å². The zero-order valence-electron chi connectivity index (χ0n) is 11.2. The summed E-state index contributed by atoms with van der Waals surface area (Å²) in [4.78, 5) is 4.61. The summed E-state index contributed by atoms with van der Waals surface area (Å²) in [7, 11) is 0. The van der Waals surface area contributed by atoms with Gasteiger partial charge in [0.2, 0.25) is 0 Å². The molecule has 0 saturated carbocycles. The fourth-order valence-corrected chi connectivity index (χ4v) is 3.08. The van der Waals surface area contributed by atoms with Crippen LogP contribution in [-0.4, -0.2) is 11.5 Å². The largest absolute Gasteiger partial charge is 0.361 e. The van der Waals surface area contributed by atoms with Gasteiger partial charge in [-0.1, -0.05) is 41.1 Å². The second kappa shape index (κ2) is 5.81. The van der Waals surface area contributed by atoms with Gasteiger partial charge in [0.05, 0.1) is 10.2 Å². The molecule has 1 N–H and O–H groups in total. The summed E-state index contributed by atoms with van der Waals surface area (Å²) < 4.78 is 1.23. The van der Waals surface area contributed by atoms with E-state index in [1.54, 1.807) is 11.3 Å². The first-order valence-corrected chi connectivity index (χ1v) is 7.76. The molecule has 0 aliphatic rings. The van der Waals surface area contributed by atoms with Crippen LogP contribution >= 0.6 is 22.9 Å². The van der Waals surface area contributed by atoms with E-state index in [0.717, 1.165) is 28.6 Å². The molecule has 20 heavy (non-hydrogen) atoms. The van der Waals surface area contributed by atoms with Gasteiger partial charge in [-0.05, 0) is 48.7 Å². The van der Waals surface area contributed by atoms with Crippen LogP contribution in [-0.2, 0) is 6.42 Å². The lowest BCUT2D eigenvalue weighted by Crippen LogP contribution is -2.04. The second-order valence-corrected chi connectivity index (χ2v) is 6.26. The number of halogens is 1. The average molecular weight is 303 g/mol. The highest BCUT2D eigenvalue weighted by molar-refractivity contribution is 7.22. The predicted octanol–water partition coefficient (Wildman–Crippen LogP) is 4.91. The number of nitrogens with zero attached hydrogens (tertiary/aromatic N) is 1. The van der Waals surface area contributed by atoms with E-state index in [4.69, 9.17) is 11.6 Å². The molecule has 0 fully saturated rings. The number of fused-ring (bicyclic) bond motifs is 1. The van der Waals surface area contributed by atoms with Crippen LogP contribution in [0.25, 0.3) is 10.2 Å². The number of hydrogen-bond donors (Lipinski definition) is 1. The molecule has 0 bridgehead atoms. The molecule has 0 aliphatic heterocycles. The van der Waals surface area contributed by atoms with Crippen molar-refractivity contribution in [3.8, 4) is 0 Å². The first kappa shape index (κ1) is 13.4. The summed E-state index contributed by atoms with van der Waals surface area (Å²) in [6, 6.07) is 14.4. The zero-order chi connectivity index (χ0) is 13.9. The number of nitrogens with one attached hydrogen (secondary N) is 1. The van der Waals surface area contributed by atoms with Crippen LogP contribution in [0.4, 0.5) is 5.13 Å². The Morgan fingerprint density at radius 3 is 2.75 bits per heavy atom. The van der Waals surface area contributed by atoms with Crippen molar-refractivity contribution in [3.63, 3.8) is 0 Å². The van der Waals surface area contributed by atoms with Crippen molar-refractivity contribution < 1.29 is 0 Å². The summed E-state index contributed by atoms with van der Waals surface area (Å²) in [6.45, 7) is 2.97. The molecular weight excluding hydrogens is 288 g/mol. The molecule has 102 valence electrons. The normalized spacial score (nSPS) is 10.9. The van der Waals surface area contributed by atoms with Gasteiger partial charge in [0.25, 0.3) is 0 Å². The molecule has 1 aromatic heterocycles. The molecule has 0 atom stereocenters. The van der Waals surface area contributed by atoms with E-state index in [2.05, 4.69) is 47.6 Å². The molecule has 0 unspecified atom stereocenters. The fraction of sp³-hybridized carbons (Fsp3) is 0.188. The number of thiazole rings is 1. The predicted molar refractivity (Wildman–Crippen MR) is 88.0 cm³/mol. The minimum Gasteiger partial charge on any atom is -0.361 e. The van der Waals surface area contributed by atoms with Gasteiger partial charge in [0, 0.05) is 11.6 Å². The van der Waals surface area contributed by atoms with Crippen LogP contribution in [0.15, 0.2) is 42.5 Å². The van der Waals surface area contributed by atoms with E-state index in [1.807, 2.05) is 12.1 Å². The Morgan fingerprint density at radius 1 is 1.15 bits per heavy atom. The van der Waals surface area contributed by atoms with Gasteiger partial charge in [0.15, 0.2) is 5.13 Å². The molecule has 0 amide bonds. The number of aromatic nitrogens is 1. The van der Waals surface area contributed by atoms with Gasteiger partial charge < -0.3 is 5.32 Å². The van der Waals surface area contributed by atoms with Gasteiger partial charge in [-0.25, -0.2) is 4.98 Å². The Balaban J connectivity index is 1.63. The van der Waals surface area contributed by atoms with E-state index in [0.29, 0.717) is 0 Å². The molecule has 2 aromatic carbocycles. The molecule has 0 saturated heterocycles. The highest BCUT2D eigenvalue weighted by Gasteiger charge is 2.03. The highest BCUT2D eigenvalue weighted by Crippen LogP contribution is 2.26. The van der Waals surface area contributed by atoms with E-state index in [-0.39, 0.29) is 0 Å². The Labute approximate surface area is 127 Å². The quantitative estimate of drug-likeness (QED) is 0.740. The molecule has 4 heteroatoms. The molecular formula is C16H15ClN2S. The number of benzene rings is 2. The maximum Gasteiger partial charge on any atom is 0.183 e. The lowest BCUT2D eigenvalue weighted by molar-refractivity contribution is 1.02. The SMILES string of the molecule is Cc1ccc2sc(NCCc3ccc(Cl)cc3)nc2c1. The lowest BCUT2D eigenvalue weighted by Gasteiger charge is -2.02.